The van der Waals surface area contributed by atoms with E-state index in [1.54, 1.807) is 24.3 Å². The first-order valence-electron chi connectivity index (χ1n) is 4.96. The lowest BCUT2D eigenvalue weighted by atomic mass is 9.96. The van der Waals surface area contributed by atoms with Crippen LogP contribution in [-0.2, 0) is 9.59 Å². The van der Waals surface area contributed by atoms with E-state index in [0.29, 0.717) is 5.56 Å². The summed E-state index contributed by atoms with van der Waals surface area (Å²) in [6.07, 6.45) is 0. The van der Waals surface area contributed by atoms with Gasteiger partial charge in [0.25, 0.3) is 0 Å². The number of carbonyl (C=O) groups is 2. The van der Waals surface area contributed by atoms with Gasteiger partial charge in [-0.1, -0.05) is 28.1 Å². The fourth-order valence-corrected chi connectivity index (χ4v) is 1.86. The Kier molecular flexibility index (Phi) is 3.23. The van der Waals surface area contributed by atoms with Crippen molar-refractivity contribution in [2.24, 2.45) is 4.99 Å². The van der Waals surface area contributed by atoms with E-state index in [4.69, 9.17) is 0 Å². The van der Waals surface area contributed by atoms with Crippen molar-refractivity contribution in [2.45, 2.75) is 5.92 Å². The Morgan fingerprint density at radius 2 is 1.65 bits per heavy atom. The molecule has 2 rings (SSSR count). The van der Waals surface area contributed by atoms with E-state index in [-0.39, 0.29) is 17.8 Å². The smallest absolute Gasteiger partial charge is 0.243 e. The molecule has 0 bridgehead atoms. The molecular weight excluding hydrogens is 286 g/mol. The molecule has 88 valence electrons. The molecule has 17 heavy (non-hydrogen) atoms. The molecule has 1 fully saturated rings. The molecule has 0 aromatic heterocycles. The zero-order valence-corrected chi connectivity index (χ0v) is 10.6. The minimum atomic E-state index is -0.825. The van der Waals surface area contributed by atoms with Gasteiger partial charge in [-0.3, -0.25) is 25.2 Å². The third kappa shape index (κ3) is 2.36. The van der Waals surface area contributed by atoms with E-state index in [1.165, 1.54) is 7.05 Å². The molecule has 2 amide bonds. The zero-order chi connectivity index (χ0) is 12.4. The number of guanidine groups is 1. The van der Waals surface area contributed by atoms with Crippen molar-refractivity contribution in [3.8, 4) is 0 Å². The molecular formula is C11H10BrN3O2. The first-order chi connectivity index (χ1) is 8.11. The lowest BCUT2D eigenvalue weighted by Gasteiger charge is -2.23. The van der Waals surface area contributed by atoms with Crippen LogP contribution < -0.4 is 10.6 Å². The van der Waals surface area contributed by atoms with Gasteiger partial charge in [0.1, 0.15) is 5.92 Å². The van der Waals surface area contributed by atoms with Gasteiger partial charge < -0.3 is 0 Å². The SMILES string of the molecule is CN=C1NC(=O)C(c2ccc(Br)cc2)C(=O)N1. The van der Waals surface area contributed by atoms with Crippen LogP contribution in [0.1, 0.15) is 11.5 Å². The summed E-state index contributed by atoms with van der Waals surface area (Å²) < 4.78 is 0.897. The van der Waals surface area contributed by atoms with Gasteiger partial charge >= 0.3 is 0 Å². The van der Waals surface area contributed by atoms with Crippen LogP contribution in [0, 0.1) is 0 Å². The van der Waals surface area contributed by atoms with Crippen molar-refractivity contribution in [3.05, 3.63) is 34.3 Å². The van der Waals surface area contributed by atoms with Gasteiger partial charge in [-0.05, 0) is 17.7 Å². The van der Waals surface area contributed by atoms with Crippen molar-refractivity contribution < 1.29 is 9.59 Å². The molecule has 0 atom stereocenters. The Morgan fingerprint density at radius 3 is 2.12 bits per heavy atom. The third-order valence-electron chi connectivity index (χ3n) is 2.43. The maximum absolute atomic E-state index is 11.8. The zero-order valence-electron chi connectivity index (χ0n) is 9.03. The maximum atomic E-state index is 11.8. The van der Waals surface area contributed by atoms with E-state index in [1.807, 2.05) is 0 Å². The first-order valence-corrected chi connectivity index (χ1v) is 5.75. The molecule has 0 spiro atoms. The highest BCUT2D eigenvalue weighted by molar-refractivity contribution is 9.10. The fraction of sp³-hybridized carbons (Fsp3) is 0.182. The molecule has 1 aliphatic rings. The van der Waals surface area contributed by atoms with Gasteiger partial charge in [0, 0.05) is 11.5 Å². The highest BCUT2D eigenvalue weighted by Crippen LogP contribution is 2.20. The Hall–Kier alpha value is -1.69. The van der Waals surface area contributed by atoms with Crippen LogP contribution in [0.4, 0.5) is 0 Å². The molecule has 1 heterocycles. The number of nitrogens with zero attached hydrogens (tertiary/aromatic N) is 1. The summed E-state index contributed by atoms with van der Waals surface area (Å²) in [7, 11) is 1.50. The summed E-state index contributed by atoms with van der Waals surface area (Å²) in [5.41, 5.74) is 0.651. The van der Waals surface area contributed by atoms with Crippen molar-refractivity contribution in [3.63, 3.8) is 0 Å². The second kappa shape index (κ2) is 4.67. The number of carbonyl (C=O) groups excluding carboxylic acids is 2. The van der Waals surface area contributed by atoms with E-state index < -0.39 is 5.92 Å². The van der Waals surface area contributed by atoms with E-state index in [0.717, 1.165) is 4.47 Å². The molecule has 1 saturated heterocycles. The van der Waals surface area contributed by atoms with Crippen molar-refractivity contribution in [2.75, 3.05) is 7.05 Å². The second-order valence-electron chi connectivity index (χ2n) is 3.54. The van der Waals surface area contributed by atoms with Gasteiger partial charge in [0.2, 0.25) is 17.8 Å². The number of halogens is 1. The molecule has 2 N–H and O–H groups in total. The standard InChI is InChI=1S/C11H10BrN3O2/c1-13-11-14-9(16)8(10(17)15-11)6-2-4-7(12)5-3-6/h2-5,8H,1H3,(H2,13,14,15,16,17). The van der Waals surface area contributed by atoms with E-state index in [2.05, 4.69) is 31.6 Å². The van der Waals surface area contributed by atoms with E-state index in [9.17, 15) is 9.59 Å². The summed E-state index contributed by atoms with van der Waals surface area (Å²) >= 11 is 3.30. The minimum absolute atomic E-state index is 0.188. The molecule has 0 aliphatic carbocycles. The number of rotatable bonds is 1. The van der Waals surface area contributed by atoms with E-state index >= 15 is 0 Å². The molecule has 5 nitrogen and oxygen atoms in total. The average Bonchev–Trinajstić information content (AvgIpc) is 2.30. The minimum Gasteiger partial charge on any atom is -0.295 e. The monoisotopic (exact) mass is 295 g/mol. The number of hydrogen-bond acceptors (Lipinski definition) is 3. The lowest BCUT2D eigenvalue weighted by molar-refractivity contribution is -0.131. The molecule has 0 unspecified atom stereocenters. The number of hydrogen-bond donors (Lipinski definition) is 2. The number of amides is 2. The summed E-state index contributed by atoms with van der Waals surface area (Å²) in [4.78, 5) is 27.3. The quantitative estimate of drug-likeness (QED) is 0.751. The van der Waals surface area contributed by atoms with Crippen LogP contribution in [0.2, 0.25) is 0 Å². The van der Waals surface area contributed by atoms with Gasteiger partial charge in [-0.2, -0.15) is 0 Å². The Morgan fingerprint density at radius 1 is 1.12 bits per heavy atom. The largest absolute Gasteiger partial charge is 0.295 e. The maximum Gasteiger partial charge on any atom is 0.243 e. The summed E-state index contributed by atoms with van der Waals surface area (Å²) in [5.74, 6) is -1.37. The highest BCUT2D eigenvalue weighted by Gasteiger charge is 2.34. The summed E-state index contributed by atoms with van der Waals surface area (Å²) in [6, 6.07) is 7.06. The fourth-order valence-electron chi connectivity index (χ4n) is 1.60. The summed E-state index contributed by atoms with van der Waals surface area (Å²) in [6.45, 7) is 0. The van der Waals surface area contributed by atoms with Gasteiger partial charge in [-0.25, -0.2) is 0 Å². The first kappa shape index (κ1) is 11.8. The summed E-state index contributed by atoms with van der Waals surface area (Å²) in [5, 5.41) is 5.05. The normalized spacial score (nSPS) is 19.6. The lowest BCUT2D eigenvalue weighted by Crippen LogP contribution is -2.55. The van der Waals surface area contributed by atoms with Gasteiger partial charge in [-0.15, -0.1) is 0 Å². The second-order valence-corrected chi connectivity index (χ2v) is 4.45. The van der Waals surface area contributed by atoms with Crippen molar-refractivity contribution in [1.82, 2.24) is 10.6 Å². The molecule has 1 aliphatic heterocycles. The highest BCUT2D eigenvalue weighted by atomic mass is 79.9. The van der Waals surface area contributed by atoms with Crippen LogP contribution in [0.5, 0.6) is 0 Å². The predicted molar refractivity (Wildman–Crippen MR) is 66.5 cm³/mol. The van der Waals surface area contributed by atoms with Gasteiger partial charge in [0.15, 0.2) is 0 Å². The predicted octanol–water partition coefficient (Wildman–Crippen LogP) is 0.764. The molecule has 0 saturated carbocycles. The number of benzene rings is 1. The van der Waals surface area contributed by atoms with Crippen LogP contribution in [-0.4, -0.2) is 24.8 Å². The van der Waals surface area contributed by atoms with Crippen LogP contribution in [0.15, 0.2) is 33.7 Å². The number of aliphatic imine (C=N–C) groups is 1. The Balaban J connectivity index is 2.30. The molecule has 1 aromatic carbocycles. The molecule has 1 aromatic rings. The third-order valence-corrected chi connectivity index (χ3v) is 2.96. The number of nitrogens with one attached hydrogen (secondary N) is 2. The average molecular weight is 296 g/mol. The van der Waals surface area contributed by atoms with Crippen LogP contribution in [0.25, 0.3) is 0 Å². The van der Waals surface area contributed by atoms with Crippen molar-refractivity contribution >= 4 is 33.7 Å². The molecule has 6 heteroatoms. The van der Waals surface area contributed by atoms with Crippen molar-refractivity contribution in [1.29, 1.82) is 0 Å². The molecule has 0 radical (unpaired) electrons. The van der Waals surface area contributed by atoms with Crippen LogP contribution in [0.3, 0.4) is 0 Å². The topological polar surface area (TPSA) is 70.6 Å². The van der Waals surface area contributed by atoms with Crippen LogP contribution >= 0.6 is 15.9 Å². The Bertz CT molecular complexity index is 476. The Labute approximate surface area is 106 Å². The van der Waals surface area contributed by atoms with Gasteiger partial charge in [0.05, 0.1) is 0 Å².